The number of nitrogens with zero attached hydrogens (tertiary/aromatic N) is 2. The molecular weight excluding hydrogens is 566 g/mol. The summed E-state index contributed by atoms with van der Waals surface area (Å²) in [7, 11) is -3.18. The monoisotopic (exact) mass is 593 g/mol. The molecule has 0 radical (unpaired) electrons. The largest absolute Gasteiger partial charge is 0.444 e. The van der Waals surface area contributed by atoms with E-state index in [0.29, 0.717) is 5.17 Å². The lowest BCUT2D eigenvalue weighted by Gasteiger charge is -2.25. The molecule has 4 rings (SSSR count). The highest BCUT2D eigenvalue weighted by Crippen LogP contribution is 2.41. The number of hydrogen-bond donors (Lipinski definition) is 1. The lowest BCUT2D eigenvalue weighted by atomic mass is 10.1. The van der Waals surface area contributed by atoms with Gasteiger partial charge in [0, 0.05) is 21.8 Å². The highest BCUT2D eigenvalue weighted by molar-refractivity contribution is 9.10. The number of anilines is 1. The number of carbonyl (C=O) groups is 2. The predicted octanol–water partition coefficient (Wildman–Crippen LogP) is 4.19. The SMILES string of the molecule is CC(C)(C)OC(=O)NC(Cc1ccccc1)C(=O)N=C1SC2CS(=O)(=O)CC2N1c1ccc(Br)cc1. The Kier molecular flexibility index (Phi) is 7.82. The van der Waals surface area contributed by atoms with Crippen molar-refractivity contribution in [3.63, 3.8) is 0 Å². The van der Waals surface area contributed by atoms with Crippen molar-refractivity contribution in [1.82, 2.24) is 5.32 Å². The third-order valence-corrected chi connectivity index (χ3v) is 9.39. The molecule has 2 aliphatic rings. The van der Waals surface area contributed by atoms with Crippen LogP contribution >= 0.6 is 27.7 Å². The Morgan fingerprint density at radius 1 is 1.14 bits per heavy atom. The van der Waals surface area contributed by atoms with E-state index in [1.165, 1.54) is 11.8 Å². The van der Waals surface area contributed by atoms with Gasteiger partial charge in [0.1, 0.15) is 11.6 Å². The number of nitrogens with one attached hydrogen (secondary N) is 1. The molecule has 2 heterocycles. The molecule has 192 valence electrons. The fourth-order valence-electron chi connectivity index (χ4n) is 4.14. The van der Waals surface area contributed by atoms with Crippen LogP contribution in [-0.4, -0.2) is 60.0 Å². The number of ether oxygens (including phenoxy) is 1. The molecule has 8 nitrogen and oxygen atoms in total. The van der Waals surface area contributed by atoms with Crippen molar-refractivity contribution in [1.29, 1.82) is 0 Å². The van der Waals surface area contributed by atoms with Crippen LogP contribution in [-0.2, 0) is 25.8 Å². The van der Waals surface area contributed by atoms with E-state index in [2.05, 4.69) is 26.2 Å². The molecule has 0 bridgehead atoms. The molecule has 11 heteroatoms. The van der Waals surface area contributed by atoms with Crippen LogP contribution in [0.2, 0.25) is 0 Å². The quantitative estimate of drug-likeness (QED) is 0.554. The van der Waals surface area contributed by atoms with Crippen molar-refractivity contribution in [2.75, 3.05) is 16.4 Å². The highest BCUT2D eigenvalue weighted by Gasteiger charge is 2.49. The van der Waals surface area contributed by atoms with Gasteiger partial charge in [-0.25, -0.2) is 13.2 Å². The number of amides is 2. The van der Waals surface area contributed by atoms with E-state index in [9.17, 15) is 18.0 Å². The van der Waals surface area contributed by atoms with Crippen LogP contribution in [0.15, 0.2) is 64.1 Å². The average Bonchev–Trinajstić information content (AvgIpc) is 3.24. The maximum absolute atomic E-state index is 13.5. The number of benzene rings is 2. The summed E-state index contributed by atoms with van der Waals surface area (Å²) < 4.78 is 30.9. The number of sulfone groups is 1. The summed E-state index contributed by atoms with van der Waals surface area (Å²) in [6.45, 7) is 5.25. The molecule has 2 aliphatic heterocycles. The minimum Gasteiger partial charge on any atom is -0.444 e. The Morgan fingerprint density at radius 3 is 2.44 bits per heavy atom. The summed E-state index contributed by atoms with van der Waals surface area (Å²) in [6, 6.07) is 15.5. The summed E-state index contributed by atoms with van der Waals surface area (Å²) in [6.07, 6.45) is -0.469. The van der Waals surface area contributed by atoms with E-state index < -0.39 is 33.5 Å². The van der Waals surface area contributed by atoms with E-state index in [1.807, 2.05) is 59.5 Å². The molecule has 2 saturated heterocycles. The van der Waals surface area contributed by atoms with Crippen molar-refractivity contribution in [3.8, 4) is 0 Å². The number of aliphatic imine (C=N–C) groups is 1. The van der Waals surface area contributed by atoms with Crippen LogP contribution in [0, 0.1) is 0 Å². The Bertz CT molecular complexity index is 1260. The van der Waals surface area contributed by atoms with Gasteiger partial charge in [-0.05, 0) is 50.6 Å². The zero-order valence-electron chi connectivity index (χ0n) is 20.2. The van der Waals surface area contributed by atoms with Gasteiger partial charge in [0.25, 0.3) is 5.91 Å². The number of amidine groups is 1. The normalized spacial score (nSPS) is 22.8. The first-order valence-corrected chi connectivity index (χ1v) is 15.0. The van der Waals surface area contributed by atoms with Crippen LogP contribution in [0.25, 0.3) is 0 Å². The number of thioether (sulfide) groups is 1. The molecule has 3 atom stereocenters. The van der Waals surface area contributed by atoms with Crippen LogP contribution in [0.1, 0.15) is 26.3 Å². The smallest absolute Gasteiger partial charge is 0.408 e. The molecule has 36 heavy (non-hydrogen) atoms. The number of alkyl carbamates (subject to hydrolysis) is 1. The summed E-state index contributed by atoms with van der Waals surface area (Å²) in [5, 5.41) is 2.88. The van der Waals surface area contributed by atoms with Gasteiger partial charge in [0.2, 0.25) is 0 Å². The van der Waals surface area contributed by atoms with E-state index in [-0.39, 0.29) is 29.2 Å². The van der Waals surface area contributed by atoms with Gasteiger partial charge < -0.3 is 15.0 Å². The lowest BCUT2D eigenvalue weighted by Crippen LogP contribution is -2.45. The van der Waals surface area contributed by atoms with Crippen molar-refractivity contribution in [2.45, 2.75) is 50.1 Å². The number of rotatable bonds is 5. The first-order valence-electron chi connectivity index (χ1n) is 11.5. The number of carbonyl (C=O) groups excluding carboxylic acids is 2. The first kappa shape index (κ1) is 26.7. The zero-order chi connectivity index (χ0) is 26.1. The second-order valence-corrected chi connectivity index (χ2v) is 14.0. The van der Waals surface area contributed by atoms with Gasteiger partial charge in [0.05, 0.1) is 17.5 Å². The summed E-state index contributed by atoms with van der Waals surface area (Å²) in [5.41, 5.74) is 0.888. The summed E-state index contributed by atoms with van der Waals surface area (Å²) in [5.74, 6) is -0.499. The van der Waals surface area contributed by atoms with Crippen molar-refractivity contribution >= 4 is 60.4 Å². The van der Waals surface area contributed by atoms with Crippen LogP contribution in [0.5, 0.6) is 0 Å². The Hall–Kier alpha value is -2.37. The molecule has 0 aliphatic carbocycles. The second kappa shape index (κ2) is 10.5. The van der Waals surface area contributed by atoms with Gasteiger partial charge in [-0.1, -0.05) is 58.0 Å². The van der Waals surface area contributed by atoms with Crippen molar-refractivity contribution in [3.05, 3.63) is 64.6 Å². The maximum atomic E-state index is 13.5. The lowest BCUT2D eigenvalue weighted by molar-refractivity contribution is -0.119. The molecule has 0 spiro atoms. The van der Waals surface area contributed by atoms with Gasteiger partial charge in [0.15, 0.2) is 15.0 Å². The second-order valence-electron chi connectivity index (χ2n) is 9.77. The van der Waals surface area contributed by atoms with Crippen molar-refractivity contribution in [2.24, 2.45) is 4.99 Å². The van der Waals surface area contributed by atoms with Crippen LogP contribution in [0.4, 0.5) is 10.5 Å². The molecule has 0 aromatic heterocycles. The van der Waals surface area contributed by atoms with Gasteiger partial charge >= 0.3 is 6.09 Å². The number of halogens is 1. The van der Waals surface area contributed by atoms with Crippen LogP contribution < -0.4 is 10.2 Å². The molecule has 2 aromatic carbocycles. The molecule has 0 saturated carbocycles. The minimum atomic E-state index is -3.18. The minimum absolute atomic E-state index is 0.00244. The predicted molar refractivity (Wildman–Crippen MR) is 146 cm³/mol. The molecule has 2 fully saturated rings. The van der Waals surface area contributed by atoms with E-state index >= 15 is 0 Å². The Morgan fingerprint density at radius 2 is 1.81 bits per heavy atom. The first-order chi connectivity index (χ1) is 16.9. The molecular formula is C25H28BrN3O5S2. The zero-order valence-corrected chi connectivity index (χ0v) is 23.4. The van der Waals surface area contributed by atoms with Gasteiger partial charge in [-0.15, -0.1) is 0 Å². The standard InChI is InChI=1S/C25H28BrN3O5S2/c1-25(2,3)34-24(31)27-19(13-16-7-5-4-6-8-16)22(30)28-23-29(18-11-9-17(26)10-12-18)20-14-36(32,33)15-21(20)35-23/h4-12,19-21H,13-15H2,1-3H3,(H,27,31). The fourth-order valence-corrected chi connectivity index (χ4v) is 8.32. The molecule has 2 amide bonds. The molecule has 3 unspecified atom stereocenters. The summed E-state index contributed by atoms with van der Waals surface area (Å²) in [4.78, 5) is 32.2. The summed E-state index contributed by atoms with van der Waals surface area (Å²) >= 11 is 4.71. The van der Waals surface area contributed by atoms with E-state index in [1.54, 1.807) is 20.8 Å². The average molecular weight is 595 g/mol. The fraction of sp³-hybridized carbons (Fsp3) is 0.400. The van der Waals surface area contributed by atoms with Crippen molar-refractivity contribution < 1.29 is 22.7 Å². The Balaban J connectivity index is 1.64. The number of fused-ring (bicyclic) bond motifs is 1. The third-order valence-electron chi connectivity index (χ3n) is 5.65. The number of hydrogen-bond acceptors (Lipinski definition) is 6. The van der Waals surface area contributed by atoms with E-state index in [4.69, 9.17) is 4.74 Å². The maximum Gasteiger partial charge on any atom is 0.408 e. The van der Waals surface area contributed by atoms with Gasteiger partial charge in [-0.3, -0.25) is 4.79 Å². The van der Waals surface area contributed by atoms with Gasteiger partial charge in [-0.2, -0.15) is 4.99 Å². The molecule has 2 aromatic rings. The van der Waals surface area contributed by atoms with E-state index in [0.717, 1.165) is 15.7 Å². The highest BCUT2D eigenvalue weighted by atomic mass is 79.9. The van der Waals surface area contributed by atoms with Crippen LogP contribution in [0.3, 0.4) is 0 Å². The Labute approximate surface area is 223 Å². The third kappa shape index (κ3) is 6.68. The topological polar surface area (TPSA) is 105 Å². The molecule has 1 N–H and O–H groups in total.